The van der Waals surface area contributed by atoms with Crippen LogP contribution in [-0.2, 0) is 22.4 Å². The van der Waals surface area contributed by atoms with Crippen molar-refractivity contribution in [2.24, 2.45) is 11.8 Å². The fraction of sp³-hybridized carbons (Fsp3) is 0.270. The lowest BCUT2D eigenvalue weighted by molar-refractivity contribution is -0.140. The number of rotatable bonds is 14. The highest BCUT2D eigenvalue weighted by atomic mass is 16.6. The van der Waals surface area contributed by atoms with Crippen LogP contribution in [-0.4, -0.2) is 54.2 Å². The molecule has 0 aliphatic carbocycles. The van der Waals surface area contributed by atoms with Gasteiger partial charge in [0.05, 0.1) is 13.0 Å². The maximum atomic E-state index is 13.7. The molecule has 8 nitrogen and oxygen atoms in total. The van der Waals surface area contributed by atoms with Gasteiger partial charge in [-0.1, -0.05) is 111 Å². The number of urea groups is 1. The molecule has 2 amide bonds. The van der Waals surface area contributed by atoms with E-state index in [1.807, 2.05) is 98.8 Å². The zero-order chi connectivity index (χ0) is 32.2. The predicted octanol–water partition coefficient (Wildman–Crippen LogP) is 6.49. The summed E-state index contributed by atoms with van der Waals surface area (Å²) in [6.45, 7) is 4.27. The molecule has 4 rings (SSSR count). The van der Waals surface area contributed by atoms with Gasteiger partial charge in [-0.05, 0) is 46.7 Å². The van der Waals surface area contributed by atoms with Gasteiger partial charge in [-0.2, -0.15) is 0 Å². The topological polar surface area (TPSA) is 105 Å². The lowest BCUT2D eigenvalue weighted by Crippen LogP contribution is -2.51. The van der Waals surface area contributed by atoms with Crippen LogP contribution in [0.15, 0.2) is 109 Å². The van der Waals surface area contributed by atoms with Crippen LogP contribution >= 0.6 is 0 Å². The van der Waals surface area contributed by atoms with Gasteiger partial charge in [0.15, 0.2) is 11.5 Å². The Labute approximate surface area is 264 Å². The van der Waals surface area contributed by atoms with Crippen molar-refractivity contribution in [3.63, 3.8) is 0 Å². The fourth-order valence-electron chi connectivity index (χ4n) is 5.10. The largest absolute Gasteiger partial charge is 0.493 e. The first-order valence-corrected chi connectivity index (χ1v) is 15.0. The molecule has 0 saturated heterocycles. The molecule has 2 N–H and O–H groups in total. The predicted molar refractivity (Wildman–Crippen MR) is 174 cm³/mol. The van der Waals surface area contributed by atoms with Crippen molar-refractivity contribution in [2.45, 2.75) is 32.7 Å². The Bertz CT molecular complexity index is 1540. The Kier molecular flexibility index (Phi) is 11.7. The Hall–Kier alpha value is -5.11. The number of para-hydroxylation sites is 2. The van der Waals surface area contributed by atoms with E-state index in [0.29, 0.717) is 18.7 Å². The molecule has 0 unspecified atom stereocenters. The molecule has 2 atom stereocenters. The van der Waals surface area contributed by atoms with E-state index in [0.717, 1.165) is 22.3 Å². The smallest absolute Gasteiger partial charge is 0.326 e. The van der Waals surface area contributed by atoms with Crippen molar-refractivity contribution in [3.05, 3.63) is 120 Å². The third-order valence-corrected chi connectivity index (χ3v) is 7.35. The van der Waals surface area contributed by atoms with Gasteiger partial charge in [0.2, 0.25) is 0 Å². The highest BCUT2D eigenvalue weighted by molar-refractivity contribution is 5.83. The minimum absolute atomic E-state index is 0.0327. The number of carboxylic acid groups (broad SMARTS) is 1. The number of carbonyl (C=O) groups excluding carboxylic acids is 2. The summed E-state index contributed by atoms with van der Waals surface area (Å²) >= 11 is 0. The van der Waals surface area contributed by atoms with Crippen molar-refractivity contribution in [1.29, 1.82) is 0 Å². The molecule has 4 aromatic carbocycles. The van der Waals surface area contributed by atoms with Crippen molar-refractivity contribution in [3.8, 4) is 22.6 Å². The van der Waals surface area contributed by atoms with Gasteiger partial charge in [-0.15, -0.1) is 0 Å². The van der Waals surface area contributed by atoms with Crippen LogP contribution in [0.3, 0.4) is 0 Å². The van der Waals surface area contributed by atoms with E-state index < -0.39 is 29.9 Å². The second-order valence-electron chi connectivity index (χ2n) is 11.4. The quantitative estimate of drug-likeness (QED) is 0.125. The molecule has 0 spiro atoms. The zero-order valence-corrected chi connectivity index (χ0v) is 25.9. The highest BCUT2D eigenvalue weighted by Crippen LogP contribution is 2.27. The van der Waals surface area contributed by atoms with Crippen LogP contribution in [0.25, 0.3) is 11.1 Å². The number of carbonyl (C=O) groups is 3. The Morgan fingerprint density at radius 1 is 0.711 bits per heavy atom. The minimum Gasteiger partial charge on any atom is -0.493 e. The standard InChI is InChI=1S/C37H40N2O6/c1-26(2)24-39(25-31(22-27-12-6-4-7-13-27)36(42)45-34-17-11-10-16-33(34)44-3)37(43)38-32(35(40)41)23-28-18-20-30(21-19-28)29-14-8-5-9-15-29/h4-21,26,31-32H,22-25H2,1-3H3,(H,38,43)(H,40,41)/t31-,32-/m0/s1. The Morgan fingerprint density at radius 3 is 1.87 bits per heavy atom. The SMILES string of the molecule is COc1ccccc1OC(=O)[C@@H](Cc1ccccc1)CN(CC(C)C)C(=O)N[C@@H](Cc1ccc(-c2ccccc2)cc1)C(=O)O. The van der Waals surface area contributed by atoms with Crippen molar-refractivity contribution in [2.75, 3.05) is 20.2 Å². The number of carboxylic acids is 1. The number of methoxy groups -OCH3 is 1. The molecule has 0 aliphatic rings. The molecule has 0 fully saturated rings. The maximum Gasteiger partial charge on any atom is 0.326 e. The van der Waals surface area contributed by atoms with Crippen LogP contribution in [0.1, 0.15) is 25.0 Å². The van der Waals surface area contributed by atoms with E-state index in [1.165, 1.54) is 12.0 Å². The summed E-state index contributed by atoms with van der Waals surface area (Å²) < 4.78 is 11.1. The molecule has 0 radical (unpaired) electrons. The van der Waals surface area contributed by atoms with Gasteiger partial charge in [0, 0.05) is 19.5 Å². The van der Waals surface area contributed by atoms with Gasteiger partial charge in [-0.3, -0.25) is 4.79 Å². The number of aliphatic carboxylic acids is 1. The lowest BCUT2D eigenvalue weighted by Gasteiger charge is -2.30. The number of ether oxygens (including phenoxy) is 2. The molecular formula is C37H40N2O6. The number of amides is 2. The molecule has 0 aliphatic heterocycles. The average molecular weight is 609 g/mol. The fourth-order valence-corrected chi connectivity index (χ4v) is 5.10. The van der Waals surface area contributed by atoms with Crippen molar-refractivity contribution >= 4 is 18.0 Å². The number of nitrogens with zero attached hydrogens (tertiary/aromatic N) is 1. The molecule has 0 saturated carbocycles. The molecule has 0 bridgehead atoms. The van der Waals surface area contributed by atoms with E-state index in [2.05, 4.69) is 5.32 Å². The maximum absolute atomic E-state index is 13.7. The normalized spacial score (nSPS) is 12.2. The van der Waals surface area contributed by atoms with Crippen LogP contribution in [0.4, 0.5) is 4.79 Å². The highest BCUT2D eigenvalue weighted by Gasteiger charge is 2.30. The molecule has 4 aromatic rings. The number of hydrogen-bond donors (Lipinski definition) is 2. The average Bonchev–Trinajstić information content (AvgIpc) is 3.05. The summed E-state index contributed by atoms with van der Waals surface area (Å²) in [6.07, 6.45) is 0.432. The van der Waals surface area contributed by atoms with Crippen molar-refractivity contribution in [1.82, 2.24) is 10.2 Å². The summed E-state index contributed by atoms with van der Waals surface area (Å²) in [6, 6.07) is 32.2. The van der Waals surface area contributed by atoms with Gasteiger partial charge >= 0.3 is 18.0 Å². The Morgan fingerprint density at radius 2 is 1.27 bits per heavy atom. The number of esters is 1. The summed E-state index contributed by atoms with van der Waals surface area (Å²) in [5.74, 6) is -1.62. The summed E-state index contributed by atoms with van der Waals surface area (Å²) in [7, 11) is 1.50. The van der Waals surface area contributed by atoms with Crippen LogP contribution in [0.2, 0.25) is 0 Å². The second kappa shape index (κ2) is 16.1. The number of nitrogens with one attached hydrogen (secondary N) is 1. The van der Waals surface area contributed by atoms with E-state index in [4.69, 9.17) is 9.47 Å². The second-order valence-corrected chi connectivity index (χ2v) is 11.4. The van der Waals surface area contributed by atoms with Gasteiger partial charge < -0.3 is 24.8 Å². The number of hydrogen-bond acceptors (Lipinski definition) is 5. The summed E-state index contributed by atoms with van der Waals surface area (Å²) in [5.41, 5.74) is 3.76. The lowest BCUT2D eigenvalue weighted by atomic mass is 9.98. The van der Waals surface area contributed by atoms with Gasteiger partial charge in [0.1, 0.15) is 6.04 Å². The molecule has 234 valence electrons. The molecule has 0 aromatic heterocycles. The van der Waals surface area contributed by atoms with Crippen LogP contribution in [0, 0.1) is 11.8 Å². The third-order valence-electron chi connectivity index (χ3n) is 7.35. The van der Waals surface area contributed by atoms with E-state index in [-0.39, 0.29) is 24.6 Å². The van der Waals surface area contributed by atoms with Crippen LogP contribution < -0.4 is 14.8 Å². The first-order chi connectivity index (χ1) is 21.7. The van der Waals surface area contributed by atoms with E-state index in [1.54, 1.807) is 24.3 Å². The van der Waals surface area contributed by atoms with Crippen molar-refractivity contribution < 1.29 is 29.0 Å². The van der Waals surface area contributed by atoms with Gasteiger partial charge in [-0.25, -0.2) is 9.59 Å². The Balaban J connectivity index is 1.52. The molecule has 45 heavy (non-hydrogen) atoms. The monoisotopic (exact) mass is 608 g/mol. The summed E-state index contributed by atoms with van der Waals surface area (Å²) in [5, 5.41) is 12.7. The number of benzene rings is 4. The van der Waals surface area contributed by atoms with Gasteiger partial charge in [0.25, 0.3) is 0 Å². The first-order valence-electron chi connectivity index (χ1n) is 15.0. The van der Waals surface area contributed by atoms with E-state index in [9.17, 15) is 19.5 Å². The molecular weight excluding hydrogens is 568 g/mol. The summed E-state index contributed by atoms with van der Waals surface area (Å²) in [4.78, 5) is 41.1. The minimum atomic E-state index is -1.16. The zero-order valence-electron chi connectivity index (χ0n) is 25.9. The first kappa shape index (κ1) is 32.8. The molecule has 0 heterocycles. The van der Waals surface area contributed by atoms with Crippen LogP contribution in [0.5, 0.6) is 11.5 Å². The van der Waals surface area contributed by atoms with E-state index >= 15 is 0 Å². The molecule has 8 heteroatoms. The third kappa shape index (κ3) is 9.69.